The van der Waals surface area contributed by atoms with Crippen molar-refractivity contribution in [2.75, 3.05) is 13.6 Å². The molecule has 1 atom stereocenters. The predicted molar refractivity (Wildman–Crippen MR) is 76.9 cm³/mol. The molecule has 0 aromatic heterocycles. The number of rotatable bonds is 6. The molecule has 1 rings (SSSR count). The summed E-state index contributed by atoms with van der Waals surface area (Å²) in [5.41, 5.74) is 1.12. The van der Waals surface area contributed by atoms with E-state index in [0.29, 0.717) is 19.4 Å². The Hall–Kier alpha value is -1.36. The van der Waals surface area contributed by atoms with Crippen LogP contribution in [0.3, 0.4) is 0 Å². The van der Waals surface area contributed by atoms with Gasteiger partial charge in [0.15, 0.2) is 0 Å². The van der Waals surface area contributed by atoms with Gasteiger partial charge >= 0.3 is 5.97 Å². The summed E-state index contributed by atoms with van der Waals surface area (Å²) in [7, 11) is 1.65. The van der Waals surface area contributed by atoms with Crippen molar-refractivity contribution in [2.45, 2.75) is 19.8 Å². The van der Waals surface area contributed by atoms with Gasteiger partial charge in [-0.3, -0.25) is 9.59 Å². The van der Waals surface area contributed by atoms with Crippen molar-refractivity contribution in [3.05, 3.63) is 34.3 Å². The zero-order valence-electron chi connectivity index (χ0n) is 11.1. The quantitative estimate of drug-likeness (QED) is 0.817. The molecule has 0 aliphatic heterocycles. The number of amides is 1. The van der Waals surface area contributed by atoms with E-state index in [1.165, 1.54) is 4.90 Å². The Bertz CT molecular complexity index is 445. The van der Waals surface area contributed by atoms with Gasteiger partial charge in [-0.15, -0.1) is 0 Å². The Morgan fingerprint density at radius 1 is 1.32 bits per heavy atom. The van der Waals surface area contributed by atoms with E-state index in [2.05, 4.69) is 15.9 Å². The van der Waals surface area contributed by atoms with Crippen molar-refractivity contribution >= 4 is 27.8 Å². The monoisotopic (exact) mass is 327 g/mol. The summed E-state index contributed by atoms with van der Waals surface area (Å²) in [6.07, 6.45) is 1.03. The lowest BCUT2D eigenvalue weighted by molar-refractivity contribution is -0.150. The van der Waals surface area contributed by atoms with E-state index in [0.717, 1.165) is 10.0 Å². The minimum Gasteiger partial charge on any atom is -0.481 e. The van der Waals surface area contributed by atoms with Crippen LogP contribution in [0.2, 0.25) is 0 Å². The van der Waals surface area contributed by atoms with Crippen LogP contribution >= 0.6 is 15.9 Å². The highest BCUT2D eigenvalue weighted by Crippen LogP contribution is 2.12. The largest absolute Gasteiger partial charge is 0.481 e. The summed E-state index contributed by atoms with van der Waals surface area (Å²) in [4.78, 5) is 24.4. The number of halogens is 1. The third-order valence-electron chi connectivity index (χ3n) is 3.03. The average Bonchev–Trinajstić information content (AvgIpc) is 2.38. The highest BCUT2D eigenvalue weighted by Gasteiger charge is 2.26. The SMILES string of the molecule is CCC(C(=O)O)C(=O)N(C)CCc1ccc(Br)cc1. The van der Waals surface area contributed by atoms with E-state index in [-0.39, 0.29) is 5.91 Å². The number of nitrogens with zero attached hydrogens (tertiary/aromatic N) is 1. The van der Waals surface area contributed by atoms with E-state index < -0.39 is 11.9 Å². The van der Waals surface area contributed by atoms with Crippen LogP contribution < -0.4 is 0 Å². The minimum absolute atomic E-state index is 0.316. The van der Waals surface area contributed by atoms with Crippen molar-refractivity contribution in [1.29, 1.82) is 0 Å². The van der Waals surface area contributed by atoms with Crippen LogP contribution in [0.15, 0.2) is 28.7 Å². The van der Waals surface area contributed by atoms with Crippen molar-refractivity contribution in [1.82, 2.24) is 4.90 Å². The van der Waals surface area contributed by atoms with E-state index in [4.69, 9.17) is 5.11 Å². The van der Waals surface area contributed by atoms with Gasteiger partial charge < -0.3 is 10.0 Å². The summed E-state index contributed by atoms with van der Waals surface area (Å²) in [6, 6.07) is 7.86. The second-order valence-electron chi connectivity index (χ2n) is 4.44. The molecule has 0 heterocycles. The molecule has 1 aromatic rings. The zero-order valence-corrected chi connectivity index (χ0v) is 12.7. The van der Waals surface area contributed by atoms with Gasteiger partial charge in [0.2, 0.25) is 5.91 Å². The first-order valence-electron chi connectivity index (χ1n) is 6.18. The van der Waals surface area contributed by atoms with Crippen molar-refractivity contribution in [3.63, 3.8) is 0 Å². The Kier molecular flexibility index (Phi) is 6.02. The molecule has 0 aliphatic carbocycles. The van der Waals surface area contributed by atoms with Crippen molar-refractivity contribution < 1.29 is 14.7 Å². The smallest absolute Gasteiger partial charge is 0.316 e. The number of benzene rings is 1. The van der Waals surface area contributed by atoms with E-state index in [1.54, 1.807) is 14.0 Å². The average molecular weight is 328 g/mol. The summed E-state index contributed by atoms with van der Waals surface area (Å²) in [5.74, 6) is -2.31. The number of carbonyl (C=O) groups excluding carboxylic acids is 1. The summed E-state index contributed by atoms with van der Waals surface area (Å²) in [5, 5.41) is 8.96. The number of aliphatic carboxylic acids is 1. The number of hydrogen-bond acceptors (Lipinski definition) is 2. The third kappa shape index (κ3) is 4.67. The molecular formula is C14H18BrNO3. The van der Waals surface area contributed by atoms with Crippen LogP contribution in [0.1, 0.15) is 18.9 Å². The molecule has 1 amide bonds. The Morgan fingerprint density at radius 3 is 2.37 bits per heavy atom. The van der Waals surface area contributed by atoms with Gasteiger partial charge in [-0.05, 0) is 30.5 Å². The van der Waals surface area contributed by atoms with Gasteiger partial charge in [-0.1, -0.05) is 35.0 Å². The fourth-order valence-electron chi connectivity index (χ4n) is 1.78. The highest BCUT2D eigenvalue weighted by atomic mass is 79.9. The maximum Gasteiger partial charge on any atom is 0.316 e. The van der Waals surface area contributed by atoms with Crippen LogP contribution in [0.25, 0.3) is 0 Å². The molecule has 0 radical (unpaired) electrons. The van der Waals surface area contributed by atoms with Crippen LogP contribution in [-0.2, 0) is 16.0 Å². The van der Waals surface area contributed by atoms with Gasteiger partial charge in [-0.2, -0.15) is 0 Å². The zero-order chi connectivity index (χ0) is 14.4. The number of likely N-dealkylation sites (N-methyl/N-ethyl adjacent to an activating group) is 1. The molecule has 104 valence electrons. The molecule has 0 bridgehead atoms. The van der Waals surface area contributed by atoms with E-state index in [1.807, 2.05) is 24.3 Å². The first-order valence-corrected chi connectivity index (χ1v) is 6.97. The van der Waals surface area contributed by atoms with Crippen molar-refractivity contribution in [3.8, 4) is 0 Å². The Balaban J connectivity index is 2.55. The van der Waals surface area contributed by atoms with E-state index in [9.17, 15) is 9.59 Å². The van der Waals surface area contributed by atoms with Gasteiger partial charge in [-0.25, -0.2) is 0 Å². The summed E-state index contributed by atoms with van der Waals surface area (Å²) in [6.45, 7) is 2.23. The van der Waals surface area contributed by atoms with Crippen LogP contribution in [0.5, 0.6) is 0 Å². The van der Waals surface area contributed by atoms with E-state index >= 15 is 0 Å². The van der Waals surface area contributed by atoms with Gasteiger partial charge in [0.1, 0.15) is 5.92 Å². The third-order valence-corrected chi connectivity index (χ3v) is 3.56. The number of carboxylic acid groups (broad SMARTS) is 1. The lowest BCUT2D eigenvalue weighted by Crippen LogP contribution is -2.37. The molecule has 0 saturated carbocycles. The molecule has 1 unspecified atom stereocenters. The molecule has 1 N–H and O–H groups in total. The first kappa shape index (κ1) is 15.7. The molecule has 0 saturated heterocycles. The second-order valence-corrected chi connectivity index (χ2v) is 5.35. The molecule has 0 spiro atoms. The maximum atomic E-state index is 11.9. The molecule has 4 nitrogen and oxygen atoms in total. The topological polar surface area (TPSA) is 57.6 Å². The van der Waals surface area contributed by atoms with Gasteiger partial charge in [0, 0.05) is 18.1 Å². The molecule has 0 aliphatic rings. The Labute approximate surface area is 121 Å². The molecule has 0 fully saturated rings. The highest BCUT2D eigenvalue weighted by molar-refractivity contribution is 9.10. The van der Waals surface area contributed by atoms with Crippen LogP contribution in [0.4, 0.5) is 0 Å². The maximum absolute atomic E-state index is 11.9. The minimum atomic E-state index is -1.05. The van der Waals surface area contributed by atoms with Crippen molar-refractivity contribution in [2.24, 2.45) is 5.92 Å². The molecule has 1 aromatic carbocycles. The molecule has 19 heavy (non-hydrogen) atoms. The molecular weight excluding hydrogens is 310 g/mol. The summed E-state index contributed by atoms with van der Waals surface area (Å²) >= 11 is 3.36. The summed E-state index contributed by atoms with van der Waals surface area (Å²) < 4.78 is 1.01. The normalized spacial score (nSPS) is 11.9. The van der Waals surface area contributed by atoms with Gasteiger partial charge in [0.25, 0.3) is 0 Å². The standard InChI is InChI=1S/C14H18BrNO3/c1-3-12(14(18)19)13(17)16(2)9-8-10-4-6-11(15)7-5-10/h4-7,12H,3,8-9H2,1-2H3,(H,18,19). The lowest BCUT2D eigenvalue weighted by atomic mass is 10.1. The fraction of sp³-hybridized carbons (Fsp3) is 0.429. The molecule has 5 heteroatoms. The Morgan fingerprint density at radius 2 is 1.89 bits per heavy atom. The van der Waals surface area contributed by atoms with Crippen LogP contribution in [-0.4, -0.2) is 35.5 Å². The van der Waals surface area contributed by atoms with Gasteiger partial charge in [0.05, 0.1) is 0 Å². The number of carbonyl (C=O) groups is 2. The lowest BCUT2D eigenvalue weighted by Gasteiger charge is -2.20. The fourth-order valence-corrected chi connectivity index (χ4v) is 2.04. The van der Waals surface area contributed by atoms with Crippen LogP contribution in [0, 0.1) is 5.92 Å². The second kappa shape index (κ2) is 7.28. The number of carboxylic acids is 1. The predicted octanol–water partition coefficient (Wildman–Crippen LogP) is 2.56. The number of hydrogen-bond donors (Lipinski definition) is 1. The first-order chi connectivity index (χ1) is 8.95.